The number of rotatable bonds is 13. The highest BCUT2D eigenvalue weighted by Crippen LogP contribution is 2.31. The molecule has 3 aromatic carbocycles. The molecular weight excluding hydrogens is 565 g/mol. The summed E-state index contributed by atoms with van der Waals surface area (Å²) in [6, 6.07) is 15.9. The lowest BCUT2D eigenvalue weighted by Gasteiger charge is -2.21. The number of nitrogens with one attached hydrogen (secondary N) is 2. The van der Waals surface area contributed by atoms with Crippen LogP contribution in [0.2, 0.25) is 15.1 Å². The predicted octanol–water partition coefficient (Wildman–Crippen LogP) is 6.15. The average molecular weight is 595 g/mol. The molecule has 0 aliphatic heterocycles. The molecule has 39 heavy (non-hydrogen) atoms. The number of ether oxygens (including phenoxy) is 3. The molecule has 0 saturated carbocycles. The van der Waals surface area contributed by atoms with E-state index < -0.39 is 12.2 Å². The second-order valence-corrected chi connectivity index (χ2v) is 9.56. The summed E-state index contributed by atoms with van der Waals surface area (Å²) in [5, 5.41) is 6.73. The molecule has 2 amide bonds. The number of anilines is 1. The fraction of sp³-hybridized carbons (Fsp3) is 0.286. The van der Waals surface area contributed by atoms with Gasteiger partial charge in [-0.2, -0.15) is 0 Å². The fourth-order valence-corrected chi connectivity index (χ4v) is 4.02. The first kappa shape index (κ1) is 30.4. The molecule has 0 heterocycles. The minimum atomic E-state index is -1.41. The molecule has 11 heteroatoms. The first-order chi connectivity index (χ1) is 18.7. The third-order valence-electron chi connectivity index (χ3n) is 5.73. The van der Waals surface area contributed by atoms with Crippen LogP contribution in [-0.2, 0) is 4.79 Å². The van der Waals surface area contributed by atoms with Gasteiger partial charge in [-0.05, 0) is 67.7 Å². The Morgan fingerprint density at radius 2 is 1.41 bits per heavy atom. The highest BCUT2D eigenvalue weighted by Gasteiger charge is 2.25. The summed E-state index contributed by atoms with van der Waals surface area (Å²) in [5.74, 6) is -0.0410. The Morgan fingerprint density at radius 3 is 1.90 bits per heavy atom. The maximum atomic E-state index is 13.3. The molecule has 0 fully saturated rings. The zero-order chi connectivity index (χ0) is 28.4. The number of amides is 2. The summed E-state index contributed by atoms with van der Waals surface area (Å²) in [6.45, 7) is 7.08. The maximum Gasteiger partial charge on any atom is 0.321 e. The summed E-state index contributed by atoms with van der Waals surface area (Å²) >= 11 is 18.4. The van der Waals surface area contributed by atoms with Crippen molar-refractivity contribution in [1.29, 1.82) is 0 Å². The molecule has 0 aromatic heterocycles. The zero-order valence-corrected chi connectivity index (χ0v) is 24.1. The van der Waals surface area contributed by atoms with Crippen molar-refractivity contribution in [3.8, 4) is 17.2 Å². The monoisotopic (exact) mass is 593 g/mol. The molecule has 0 bridgehead atoms. The molecule has 3 rings (SSSR count). The van der Waals surface area contributed by atoms with E-state index in [1.54, 1.807) is 48.5 Å². The lowest BCUT2D eigenvalue weighted by atomic mass is 10.1. The van der Waals surface area contributed by atoms with Crippen molar-refractivity contribution in [3.63, 3.8) is 0 Å². The van der Waals surface area contributed by atoms with Crippen LogP contribution in [0.1, 0.15) is 24.2 Å². The van der Waals surface area contributed by atoms with Gasteiger partial charge in [-0.25, -0.2) is 0 Å². The lowest BCUT2D eigenvalue weighted by molar-refractivity contribution is -0.134. The van der Waals surface area contributed by atoms with Gasteiger partial charge in [0.15, 0.2) is 0 Å². The third kappa shape index (κ3) is 8.93. The van der Waals surface area contributed by atoms with Crippen LogP contribution in [-0.4, -0.2) is 56.3 Å². The Labute approximate surface area is 243 Å². The minimum Gasteiger partial charge on any atom is -0.496 e. The second kappa shape index (κ2) is 14.8. The molecule has 2 N–H and O–H groups in total. The molecule has 0 radical (unpaired) electrons. The van der Waals surface area contributed by atoms with Gasteiger partial charge in [0.1, 0.15) is 17.2 Å². The highest BCUT2D eigenvalue weighted by molar-refractivity contribution is 6.34. The minimum absolute atomic E-state index is 0.134. The number of likely N-dealkylation sites (N-methyl/N-ethyl adjacent to an activating group) is 1. The van der Waals surface area contributed by atoms with E-state index in [1.165, 1.54) is 19.2 Å². The van der Waals surface area contributed by atoms with Crippen molar-refractivity contribution in [3.05, 3.63) is 81.3 Å². The smallest absolute Gasteiger partial charge is 0.321 e. The SMILES string of the molecule is CCN(CC)CCNC(=O)c1cc(Cl)c(NC(=O)C(Oc2ccc(Cl)cc2)Oc2ccc(Cl)cc2)cc1OC. The van der Waals surface area contributed by atoms with Crippen molar-refractivity contribution in [2.45, 2.75) is 20.1 Å². The van der Waals surface area contributed by atoms with E-state index >= 15 is 0 Å². The fourth-order valence-electron chi connectivity index (χ4n) is 3.55. The van der Waals surface area contributed by atoms with Gasteiger partial charge in [-0.1, -0.05) is 48.7 Å². The first-order valence-corrected chi connectivity index (χ1v) is 13.4. The quantitative estimate of drug-likeness (QED) is 0.231. The number of carbonyl (C=O) groups excluding carboxylic acids is 2. The summed E-state index contributed by atoms with van der Waals surface area (Å²) in [7, 11) is 1.43. The number of hydrogen-bond acceptors (Lipinski definition) is 6. The summed E-state index contributed by atoms with van der Waals surface area (Å²) in [5.41, 5.74) is 0.453. The van der Waals surface area contributed by atoms with Crippen molar-refractivity contribution >= 4 is 52.3 Å². The Bertz CT molecular complexity index is 1210. The van der Waals surface area contributed by atoms with Crippen LogP contribution in [0.5, 0.6) is 17.2 Å². The van der Waals surface area contributed by atoms with Gasteiger partial charge < -0.3 is 29.7 Å². The van der Waals surface area contributed by atoms with Gasteiger partial charge in [-0.3, -0.25) is 9.59 Å². The number of hydrogen-bond donors (Lipinski definition) is 2. The molecule has 3 aromatic rings. The summed E-state index contributed by atoms with van der Waals surface area (Å²) in [4.78, 5) is 28.3. The van der Waals surface area contributed by atoms with Crippen LogP contribution in [0.4, 0.5) is 5.69 Å². The van der Waals surface area contributed by atoms with E-state index in [-0.39, 0.29) is 27.9 Å². The maximum absolute atomic E-state index is 13.3. The van der Waals surface area contributed by atoms with Gasteiger partial charge in [0.25, 0.3) is 5.91 Å². The topological polar surface area (TPSA) is 89.1 Å². The van der Waals surface area contributed by atoms with E-state index in [4.69, 9.17) is 49.0 Å². The molecule has 0 aliphatic carbocycles. The predicted molar refractivity (Wildman–Crippen MR) is 155 cm³/mol. The average Bonchev–Trinajstić information content (AvgIpc) is 2.93. The zero-order valence-electron chi connectivity index (χ0n) is 21.8. The van der Waals surface area contributed by atoms with Gasteiger partial charge >= 0.3 is 12.2 Å². The van der Waals surface area contributed by atoms with E-state index in [9.17, 15) is 9.59 Å². The Kier molecular flexibility index (Phi) is 11.6. The van der Waals surface area contributed by atoms with Gasteiger partial charge in [-0.15, -0.1) is 0 Å². The van der Waals surface area contributed by atoms with Crippen LogP contribution in [0.25, 0.3) is 0 Å². The molecule has 0 aliphatic rings. The highest BCUT2D eigenvalue weighted by atomic mass is 35.5. The Balaban J connectivity index is 1.78. The second-order valence-electron chi connectivity index (χ2n) is 8.28. The number of carbonyl (C=O) groups is 2. The van der Waals surface area contributed by atoms with Gasteiger partial charge in [0, 0.05) is 29.2 Å². The number of halogens is 3. The van der Waals surface area contributed by atoms with E-state index in [1.807, 2.05) is 0 Å². The van der Waals surface area contributed by atoms with Gasteiger partial charge in [0.2, 0.25) is 0 Å². The Morgan fingerprint density at radius 1 is 0.872 bits per heavy atom. The lowest BCUT2D eigenvalue weighted by Crippen LogP contribution is -2.38. The van der Waals surface area contributed by atoms with Crippen molar-refractivity contribution in [2.24, 2.45) is 0 Å². The number of benzene rings is 3. The molecule has 0 saturated heterocycles. The molecule has 8 nitrogen and oxygen atoms in total. The summed E-state index contributed by atoms with van der Waals surface area (Å²) < 4.78 is 17.0. The van der Waals surface area contributed by atoms with Crippen LogP contribution in [0.15, 0.2) is 60.7 Å². The van der Waals surface area contributed by atoms with Crippen molar-refractivity contribution < 1.29 is 23.8 Å². The van der Waals surface area contributed by atoms with E-state index in [2.05, 4.69) is 29.4 Å². The van der Waals surface area contributed by atoms with E-state index in [0.717, 1.165) is 13.1 Å². The van der Waals surface area contributed by atoms with Crippen LogP contribution in [0.3, 0.4) is 0 Å². The largest absolute Gasteiger partial charge is 0.496 e. The normalized spacial score (nSPS) is 10.9. The standard InChI is InChI=1S/C28H30Cl3N3O5/c1-4-34(5-2)15-14-32-26(35)22-16-23(31)24(17-25(22)37-3)33-27(36)28(38-20-10-6-18(29)7-11-20)39-21-12-8-19(30)9-13-21/h6-13,16-17,28H,4-5,14-15H2,1-3H3,(H,32,35)(H,33,36). The molecule has 0 unspecified atom stereocenters. The van der Waals surface area contributed by atoms with Gasteiger partial charge in [0.05, 0.1) is 23.4 Å². The Hall–Kier alpha value is -3.17. The number of nitrogens with zero attached hydrogens (tertiary/aromatic N) is 1. The molecule has 208 valence electrons. The molecule has 0 atom stereocenters. The number of methoxy groups -OCH3 is 1. The molecular formula is C28H30Cl3N3O5. The van der Waals surface area contributed by atoms with Crippen LogP contribution in [0, 0.1) is 0 Å². The first-order valence-electron chi connectivity index (χ1n) is 12.3. The molecule has 0 spiro atoms. The van der Waals surface area contributed by atoms with Crippen molar-refractivity contribution in [2.75, 3.05) is 38.6 Å². The van der Waals surface area contributed by atoms with Crippen LogP contribution >= 0.6 is 34.8 Å². The van der Waals surface area contributed by atoms with E-state index in [0.29, 0.717) is 34.6 Å². The third-order valence-corrected chi connectivity index (χ3v) is 6.54. The summed E-state index contributed by atoms with van der Waals surface area (Å²) in [6.07, 6.45) is -1.41. The van der Waals surface area contributed by atoms with Crippen LogP contribution < -0.4 is 24.8 Å². The van der Waals surface area contributed by atoms with Crippen molar-refractivity contribution in [1.82, 2.24) is 10.2 Å².